The summed E-state index contributed by atoms with van der Waals surface area (Å²) in [6, 6.07) is 23.1. The first kappa shape index (κ1) is 23.3. The molecule has 0 fully saturated rings. The van der Waals surface area contributed by atoms with Crippen LogP contribution in [0.5, 0.6) is 11.5 Å². The Morgan fingerprint density at radius 1 is 0.778 bits per heavy atom. The van der Waals surface area contributed by atoms with Crippen LogP contribution >= 0.6 is 0 Å². The summed E-state index contributed by atoms with van der Waals surface area (Å²) in [6.07, 6.45) is 0. The summed E-state index contributed by atoms with van der Waals surface area (Å²) in [6.45, 7) is 3.60. The van der Waals surface area contributed by atoms with E-state index in [1.165, 1.54) is 29.3 Å². The number of anilines is 2. The van der Waals surface area contributed by atoms with Crippen LogP contribution in [0.2, 0.25) is 0 Å². The van der Waals surface area contributed by atoms with Crippen LogP contribution in [0.4, 0.5) is 11.4 Å². The van der Waals surface area contributed by atoms with Crippen molar-refractivity contribution in [3.8, 4) is 11.5 Å². The molecule has 182 valence electrons. The Hall–Kier alpha value is -4.46. The first-order chi connectivity index (χ1) is 17.4. The zero-order chi connectivity index (χ0) is 25.4. The van der Waals surface area contributed by atoms with Crippen molar-refractivity contribution in [2.75, 3.05) is 17.1 Å². The van der Waals surface area contributed by atoms with Gasteiger partial charge in [0.05, 0.1) is 30.3 Å². The van der Waals surface area contributed by atoms with Gasteiger partial charge in [0.25, 0.3) is 11.8 Å². The number of hydrogen-bond acceptors (Lipinski definition) is 6. The molecule has 2 aliphatic rings. The number of aromatic hydroxyl groups is 1. The predicted octanol–water partition coefficient (Wildman–Crippen LogP) is 4.56. The van der Waals surface area contributed by atoms with Crippen molar-refractivity contribution in [1.82, 2.24) is 0 Å². The molecule has 2 amide bonds. The number of benzene rings is 3. The van der Waals surface area contributed by atoms with Gasteiger partial charge in [0.15, 0.2) is 0 Å². The summed E-state index contributed by atoms with van der Waals surface area (Å²) in [7, 11) is 1.50. The Morgan fingerprint density at radius 3 is 1.69 bits per heavy atom. The van der Waals surface area contributed by atoms with E-state index in [4.69, 9.17) is 4.74 Å². The van der Waals surface area contributed by atoms with Gasteiger partial charge in [-0.05, 0) is 49.7 Å². The zero-order valence-electron chi connectivity index (χ0n) is 20.2. The van der Waals surface area contributed by atoms with E-state index < -0.39 is 17.8 Å². The van der Waals surface area contributed by atoms with Crippen LogP contribution in [0.25, 0.3) is 0 Å². The predicted molar refractivity (Wildman–Crippen MR) is 138 cm³/mol. The molecule has 3 aromatic rings. The molecule has 8 nitrogen and oxygen atoms in total. The van der Waals surface area contributed by atoms with E-state index in [-0.39, 0.29) is 17.6 Å². The fourth-order valence-electron chi connectivity index (χ4n) is 5.02. The molecule has 0 radical (unpaired) electrons. The van der Waals surface area contributed by atoms with Crippen molar-refractivity contribution < 1.29 is 19.4 Å². The van der Waals surface area contributed by atoms with Gasteiger partial charge in [0.2, 0.25) is 0 Å². The van der Waals surface area contributed by atoms with Gasteiger partial charge in [-0.15, -0.1) is 0 Å². The SMILES string of the molecule is COc1cc(O)ccc1C([C@@H]1C(=O)N(c2ccccc2)N=C1C)[C@H]1C(=O)N(c2ccccc2)N=C1C. The molecule has 5 rings (SSSR count). The molecule has 0 saturated carbocycles. The van der Waals surface area contributed by atoms with Crippen molar-refractivity contribution in [3.05, 3.63) is 84.4 Å². The van der Waals surface area contributed by atoms with Gasteiger partial charge in [-0.25, -0.2) is 10.0 Å². The number of nitrogens with zero attached hydrogens (tertiary/aromatic N) is 4. The lowest BCUT2D eigenvalue weighted by atomic mass is 9.72. The Bertz CT molecular complexity index is 1290. The molecule has 1 unspecified atom stereocenters. The molecule has 8 heteroatoms. The molecule has 0 aliphatic carbocycles. The average Bonchev–Trinajstić information content (AvgIpc) is 3.36. The summed E-state index contributed by atoms with van der Waals surface area (Å²) in [4.78, 5) is 27.8. The van der Waals surface area contributed by atoms with E-state index in [1.807, 2.05) is 60.7 Å². The van der Waals surface area contributed by atoms with Gasteiger partial charge in [-0.1, -0.05) is 42.5 Å². The van der Waals surface area contributed by atoms with Crippen molar-refractivity contribution in [3.63, 3.8) is 0 Å². The van der Waals surface area contributed by atoms with E-state index in [1.54, 1.807) is 19.9 Å². The molecule has 1 N–H and O–H groups in total. The first-order valence-corrected chi connectivity index (χ1v) is 11.7. The Kier molecular flexibility index (Phi) is 6.01. The van der Waals surface area contributed by atoms with E-state index in [9.17, 15) is 14.7 Å². The third-order valence-corrected chi connectivity index (χ3v) is 6.66. The second-order valence-electron chi connectivity index (χ2n) is 8.86. The van der Waals surface area contributed by atoms with Crippen LogP contribution in [-0.4, -0.2) is 35.5 Å². The number of para-hydroxylation sites is 2. The topological polar surface area (TPSA) is 94.8 Å². The lowest BCUT2D eigenvalue weighted by Gasteiger charge is -2.29. The maximum atomic E-state index is 13.9. The highest BCUT2D eigenvalue weighted by Gasteiger charge is 2.50. The number of amides is 2. The van der Waals surface area contributed by atoms with Gasteiger partial charge in [-0.2, -0.15) is 10.2 Å². The van der Waals surface area contributed by atoms with Gasteiger partial charge in [-0.3, -0.25) is 9.59 Å². The molecular weight excluding hydrogens is 456 g/mol. The minimum atomic E-state index is -0.738. The van der Waals surface area contributed by atoms with Gasteiger partial charge in [0.1, 0.15) is 11.5 Å². The summed E-state index contributed by atoms with van der Waals surface area (Å²) in [5.41, 5.74) is 3.09. The molecular formula is C28H26N4O4. The Morgan fingerprint density at radius 2 is 1.25 bits per heavy atom. The maximum Gasteiger partial charge on any atom is 0.256 e. The van der Waals surface area contributed by atoms with Crippen LogP contribution < -0.4 is 14.8 Å². The second kappa shape index (κ2) is 9.30. The minimum absolute atomic E-state index is 0.0254. The fourth-order valence-corrected chi connectivity index (χ4v) is 5.02. The Balaban J connectivity index is 1.62. The molecule has 0 aromatic heterocycles. The molecule has 36 heavy (non-hydrogen) atoms. The number of ether oxygens (including phenoxy) is 1. The summed E-state index contributed by atoms with van der Waals surface area (Å²) >= 11 is 0. The third kappa shape index (κ3) is 3.90. The molecule has 0 saturated heterocycles. The molecule has 3 atom stereocenters. The Labute approximate surface area is 209 Å². The molecule has 3 aromatic carbocycles. The van der Waals surface area contributed by atoms with Gasteiger partial charge >= 0.3 is 0 Å². The summed E-state index contributed by atoms with van der Waals surface area (Å²) in [5.74, 6) is -2.20. The maximum absolute atomic E-state index is 13.9. The number of hydrazone groups is 2. The quantitative estimate of drug-likeness (QED) is 0.557. The number of phenolic OH excluding ortho intramolecular Hbond substituents is 1. The second-order valence-corrected chi connectivity index (χ2v) is 8.86. The minimum Gasteiger partial charge on any atom is -0.508 e. The normalized spacial score (nSPS) is 20.4. The third-order valence-electron chi connectivity index (χ3n) is 6.66. The molecule has 2 aliphatic heterocycles. The highest BCUT2D eigenvalue weighted by Crippen LogP contribution is 2.45. The smallest absolute Gasteiger partial charge is 0.256 e. The van der Waals surface area contributed by atoms with Crippen molar-refractivity contribution in [2.24, 2.45) is 22.0 Å². The molecule has 0 spiro atoms. The number of hydrogen-bond donors (Lipinski definition) is 1. The molecule has 0 bridgehead atoms. The van der Waals surface area contributed by atoms with Gasteiger partial charge in [0, 0.05) is 23.4 Å². The lowest BCUT2D eigenvalue weighted by molar-refractivity contribution is -0.122. The average molecular weight is 483 g/mol. The molecule has 2 heterocycles. The van der Waals surface area contributed by atoms with E-state index in [2.05, 4.69) is 10.2 Å². The van der Waals surface area contributed by atoms with Crippen LogP contribution in [0.3, 0.4) is 0 Å². The monoisotopic (exact) mass is 482 g/mol. The van der Waals surface area contributed by atoms with Crippen molar-refractivity contribution >= 4 is 34.6 Å². The highest BCUT2D eigenvalue weighted by atomic mass is 16.5. The van der Waals surface area contributed by atoms with E-state index >= 15 is 0 Å². The van der Waals surface area contributed by atoms with E-state index in [0.29, 0.717) is 34.1 Å². The zero-order valence-corrected chi connectivity index (χ0v) is 20.2. The van der Waals surface area contributed by atoms with Crippen molar-refractivity contribution in [2.45, 2.75) is 19.8 Å². The number of rotatable bonds is 6. The van der Waals surface area contributed by atoms with Crippen LogP contribution in [-0.2, 0) is 9.59 Å². The fraction of sp³-hybridized carbons (Fsp3) is 0.214. The largest absolute Gasteiger partial charge is 0.508 e. The summed E-state index contributed by atoms with van der Waals surface area (Å²) < 4.78 is 5.60. The number of phenols is 1. The number of carbonyl (C=O) groups excluding carboxylic acids is 2. The first-order valence-electron chi connectivity index (χ1n) is 11.7. The number of carbonyl (C=O) groups is 2. The summed E-state index contributed by atoms with van der Waals surface area (Å²) in [5, 5.41) is 22.0. The van der Waals surface area contributed by atoms with Crippen LogP contribution in [0.1, 0.15) is 25.3 Å². The van der Waals surface area contributed by atoms with Crippen LogP contribution in [0, 0.1) is 11.8 Å². The van der Waals surface area contributed by atoms with Crippen molar-refractivity contribution in [1.29, 1.82) is 0 Å². The number of methoxy groups -OCH3 is 1. The van der Waals surface area contributed by atoms with E-state index in [0.717, 1.165) is 0 Å². The highest BCUT2D eigenvalue weighted by molar-refractivity contribution is 6.19. The standard InChI is InChI=1S/C28H26N4O4/c1-17-24(27(34)31(29-17)19-10-6-4-7-11-19)26(22-15-14-21(33)16-23(22)36-3)25-18(2)30-32(28(25)35)20-12-8-5-9-13-20/h4-16,24-26,33H,1-3H3/t24-,25+,26?. The van der Waals surface area contributed by atoms with Gasteiger partial charge < -0.3 is 9.84 Å². The van der Waals surface area contributed by atoms with Crippen LogP contribution in [0.15, 0.2) is 89.1 Å². The lowest BCUT2D eigenvalue weighted by Crippen LogP contribution is -2.40.